The second-order valence-electron chi connectivity index (χ2n) is 4.64. The van der Waals surface area contributed by atoms with E-state index >= 15 is 0 Å². The summed E-state index contributed by atoms with van der Waals surface area (Å²) in [4.78, 5) is 35.4. The molecule has 0 aliphatic heterocycles. The second kappa shape index (κ2) is 7.60. The molecular formula is C16H16N2O5S. The van der Waals surface area contributed by atoms with Crippen LogP contribution in [0, 0.1) is 0 Å². The van der Waals surface area contributed by atoms with Gasteiger partial charge >= 0.3 is 11.9 Å². The number of nitrogens with one attached hydrogen (secondary N) is 2. The third kappa shape index (κ3) is 3.90. The monoisotopic (exact) mass is 348 g/mol. The summed E-state index contributed by atoms with van der Waals surface area (Å²) in [5, 5.41) is 6.24. The molecule has 24 heavy (non-hydrogen) atoms. The predicted octanol–water partition coefficient (Wildman–Crippen LogP) is 1.90. The SMILES string of the molecule is CNC(=O)c1cc2cc(N/C(=C/C(=O)OC)C(=O)OC)ccc2s1. The van der Waals surface area contributed by atoms with E-state index in [0.29, 0.717) is 10.6 Å². The van der Waals surface area contributed by atoms with Crippen LogP contribution in [0.1, 0.15) is 9.67 Å². The fourth-order valence-electron chi connectivity index (χ4n) is 1.94. The van der Waals surface area contributed by atoms with Crippen molar-refractivity contribution in [2.24, 2.45) is 0 Å². The first kappa shape index (κ1) is 17.5. The van der Waals surface area contributed by atoms with Gasteiger partial charge in [0, 0.05) is 17.4 Å². The number of carbonyl (C=O) groups excluding carboxylic acids is 3. The van der Waals surface area contributed by atoms with E-state index in [9.17, 15) is 14.4 Å². The van der Waals surface area contributed by atoms with Crippen molar-refractivity contribution in [2.75, 3.05) is 26.6 Å². The van der Waals surface area contributed by atoms with Gasteiger partial charge in [0.15, 0.2) is 0 Å². The first-order valence-electron chi connectivity index (χ1n) is 6.89. The Kier molecular flexibility index (Phi) is 5.54. The van der Waals surface area contributed by atoms with Gasteiger partial charge in [0.25, 0.3) is 5.91 Å². The number of amides is 1. The van der Waals surface area contributed by atoms with E-state index in [-0.39, 0.29) is 11.6 Å². The Balaban J connectivity index is 2.33. The Morgan fingerprint density at radius 2 is 1.88 bits per heavy atom. The quantitative estimate of drug-likeness (QED) is 0.633. The van der Waals surface area contributed by atoms with Crippen molar-refractivity contribution in [3.8, 4) is 0 Å². The maximum atomic E-state index is 11.8. The third-order valence-electron chi connectivity index (χ3n) is 3.11. The number of thiophene rings is 1. The van der Waals surface area contributed by atoms with Crippen molar-refractivity contribution in [2.45, 2.75) is 0 Å². The lowest BCUT2D eigenvalue weighted by Crippen LogP contribution is -2.15. The molecule has 0 unspecified atom stereocenters. The first-order chi connectivity index (χ1) is 11.5. The van der Waals surface area contributed by atoms with E-state index in [1.54, 1.807) is 25.2 Å². The summed E-state index contributed by atoms with van der Waals surface area (Å²) in [5.74, 6) is -1.54. The molecule has 1 aromatic heterocycles. The highest BCUT2D eigenvalue weighted by molar-refractivity contribution is 7.20. The van der Waals surface area contributed by atoms with Gasteiger partial charge in [-0.3, -0.25) is 4.79 Å². The van der Waals surface area contributed by atoms with Crippen molar-refractivity contribution in [1.82, 2.24) is 5.32 Å². The van der Waals surface area contributed by atoms with Gasteiger partial charge in [-0.05, 0) is 29.7 Å². The highest BCUT2D eigenvalue weighted by atomic mass is 32.1. The number of ether oxygens (including phenoxy) is 2. The van der Waals surface area contributed by atoms with Crippen LogP contribution in [0.25, 0.3) is 10.1 Å². The normalized spacial score (nSPS) is 11.0. The largest absolute Gasteiger partial charge is 0.466 e. The van der Waals surface area contributed by atoms with Crippen LogP contribution >= 0.6 is 11.3 Å². The number of fused-ring (bicyclic) bond motifs is 1. The molecule has 126 valence electrons. The Labute approximate surface area is 142 Å². The Bertz CT molecular complexity index is 825. The van der Waals surface area contributed by atoms with Crippen LogP contribution in [0.5, 0.6) is 0 Å². The van der Waals surface area contributed by atoms with Crippen LogP contribution in [0.4, 0.5) is 5.69 Å². The first-order valence-corrected chi connectivity index (χ1v) is 7.70. The molecule has 0 fully saturated rings. The van der Waals surface area contributed by atoms with E-state index in [1.165, 1.54) is 25.6 Å². The summed E-state index contributed by atoms with van der Waals surface area (Å²) in [5.41, 5.74) is 0.523. The molecule has 1 aromatic carbocycles. The minimum Gasteiger partial charge on any atom is -0.466 e. The number of hydrogen-bond acceptors (Lipinski definition) is 7. The molecule has 1 heterocycles. The molecule has 7 nitrogen and oxygen atoms in total. The smallest absolute Gasteiger partial charge is 0.354 e. The number of methoxy groups -OCH3 is 2. The molecule has 0 spiro atoms. The van der Waals surface area contributed by atoms with Crippen molar-refractivity contribution in [1.29, 1.82) is 0 Å². The zero-order valence-corrected chi connectivity index (χ0v) is 14.2. The Morgan fingerprint density at radius 1 is 1.12 bits per heavy atom. The lowest BCUT2D eigenvalue weighted by Gasteiger charge is -2.09. The average Bonchev–Trinajstić information content (AvgIpc) is 3.02. The number of carbonyl (C=O) groups is 3. The molecule has 2 aromatic rings. The fourth-order valence-corrected chi connectivity index (χ4v) is 2.93. The topological polar surface area (TPSA) is 93.7 Å². The van der Waals surface area contributed by atoms with Crippen molar-refractivity contribution < 1.29 is 23.9 Å². The maximum absolute atomic E-state index is 11.8. The number of anilines is 1. The molecule has 0 saturated heterocycles. The summed E-state index contributed by atoms with van der Waals surface area (Å²) < 4.78 is 10.1. The lowest BCUT2D eigenvalue weighted by atomic mass is 10.2. The third-order valence-corrected chi connectivity index (χ3v) is 4.23. The van der Waals surface area contributed by atoms with Crippen molar-refractivity contribution >= 4 is 45.0 Å². The van der Waals surface area contributed by atoms with Gasteiger partial charge in [-0.1, -0.05) is 0 Å². The van der Waals surface area contributed by atoms with Gasteiger partial charge in [-0.25, -0.2) is 9.59 Å². The zero-order chi connectivity index (χ0) is 17.7. The Hall–Kier alpha value is -2.87. The predicted molar refractivity (Wildman–Crippen MR) is 91.0 cm³/mol. The molecule has 8 heteroatoms. The van der Waals surface area contributed by atoms with E-state index in [1.807, 2.05) is 6.07 Å². The summed E-state index contributed by atoms with van der Waals surface area (Å²) in [6.45, 7) is 0. The van der Waals surface area contributed by atoms with Crippen LogP contribution < -0.4 is 10.6 Å². The van der Waals surface area contributed by atoms with Gasteiger partial charge in [0.05, 0.1) is 25.2 Å². The summed E-state index contributed by atoms with van der Waals surface area (Å²) in [6.07, 6.45) is 1.01. The van der Waals surface area contributed by atoms with Crippen LogP contribution in [0.2, 0.25) is 0 Å². The molecule has 0 bridgehead atoms. The van der Waals surface area contributed by atoms with Gasteiger partial charge in [0.2, 0.25) is 0 Å². The molecule has 0 atom stereocenters. The maximum Gasteiger partial charge on any atom is 0.354 e. The second-order valence-corrected chi connectivity index (χ2v) is 5.72. The summed E-state index contributed by atoms with van der Waals surface area (Å²) >= 11 is 1.36. The average molecular weight is 348 g/mol. The molecular weight excluding hydrogens is 332 g/mol. The van der Waals surface area contributed by atoms with E-state index in [4.69, 9.17) is 0 Å². The van der Waals surface area contributed by atoms with Gasteiger partial charge in [-0.2, -0.15) is 0 Å². The molecule has 0 radical (unpaired) electrons. The Morgan fingerprint density at radius 3 is 2.50 bits per heavy atom. The fraction of sp³-hybridized carbons (Fsp3) is 0.188. The van der Waals surface area contributed by atoms with Crippen LogP contribution in [0.15, 0.2) is 36.0 Å². The molecule has 2 N–H and O–H groups in total. The number of esters is 2. The number of hydrogen-bond donors (Lipinski definition) is 2. The van der Waals surface area contributed by atoms with E-state index in [0.717, 1.165) is 16.2 Å². The standard InChI is InChI=1S/C16H16N2O5S/c1-17-15(20)13-7-9-6-10(4-5-12(9)24-13)18-11(16(21)23-3)8-14(19)22-2/h4-8,18H,1-3H3,(H,17,20)/b11-8+. The van der Waals surface area contributed by atoms with Crippen LogP contribution in [-0.2, 0) is 19.1 Å². The minimum atomic E-state index is -0.697. The summed E-state index contributed by atoms with van der Waals surface area (Å²) in [6, 6.07) is 7.08. The molecule has 2 rings (SSSR count). The van der Waals surface area contributed by atoms with Crippen LogP contribution in [-0.4, -0.2) is 39.1 Å². The van der Waals surface area contributed by atoms with Crippen LogP contribution in [0.3, 0.4) is 0 Å². The molecule has 0 aliphatic rings. The van der Waals surface area contributed by atoms with Crippen molar-refractivity contribution in [3.05, 3.63) is 40.9 Å². The molecule has 0 aliphatic carbocycles. The summed E-state index contributed by atoms with van der Waals surface area (Å²) in [7, 11) is 4.00. The van der Waals surface area contributed by atoms with Gasteiger partial charge in [-0.15, -0.1) is 11.3 Å². The highest BCUT2D eigenvalue weighted by Crippen LogP contribution is 2.28. The highest BCUT2D eigenvalue weighted by Gasteiger charge is 2.14. The molecule has 1 amide bonds. The van der Waals surface area contributed by atoms with E-state index in [2.05, 4.69) is 20.1 Å². The lowest BCUT2D eigenvalue weighted by molar-refractivity contribution is -0.138. The number of benzene rings is 1. The number of rotatable bonds is 5. The zero-order valence-electron chi connectivity index (χ0n) is 13.3. The van der Waals surface area contributed by atoms with Crippen molar-refractivity contribution in [3.63, 3.8) is 0 Å². The van der Waals surface area contributed by atoms with Gasteiger partial charge in [0.1, 0.15) is 5.70 Å². The van der Waals surface area contributed by atoms with E-state index < -0.39 is 11.9 Å². The van der Waals surface area contributed by atoms with Gasteiger partial charge < -0.3 is 20.1 Å². The molecule has 0 saturated carbocycles. The minimum absolute atomic E-state index is 0.0505.